The Kier molecular flexibility index (Phi) is 8.32. The molecule has 0 fully saturated rings. The average molecular weight is 309 g/mol. The molecule has 0 heterocycles. The summed E-state index contributed by atoms with van der Waals surface area (Å²) >= 11 is 0. The van der Waals surface area contributed by atoms with Crippen LogP contribution in [0, 0.1) is 0 Å². The van der Waals surface area contributed by atoms with Gasteiger partial charge in [0.15, 0.2) is 0 Å². The van der Waals surface area contributed by atoms with Crippen molar-refractivity contribution >= 4 is 11.6 Å². The number of rotatable bonds is 10. The van der Waals surface area contributed by atoms with Crippen molar-refractivity contribution in [2.75, 3.05) is 52.7 Å². The van der Waals surface area contributed by atoms with Crippen molar-refractivity contribution in [1.29, 1.82) is 0 Å². The number of nitrogens with zero attached hydrogens (tertiary/aromatic N) is 1. The SMILES string of the molecule is CCOCCCNC(=O)c1ccc(N)c(OCCN(C)C)c1. The minimum atomic E-state index is -0.131. The van der Waals surface area contributed by atoms with Gasteiger partial charge in [0.25, 0.3) is 5.91 Å². The van der Waals surface area contributed by atoms with Crippen molar-refractivity contribution in [1.82, 2.24) is 10.2 Å². The van der Waals surface area contributed by atoms with Gasteiger partial charge in [0.1, 0.15) is 12.4 Å². The first-order valence-electron chi connectivity index (χ1n) is 7.57. The Morgan fingerprint density at radius 3 is 2.77 bits per heavy atom. The van der Waals surface area contributed by atoms with Gasteiger partial charge in [-0.15, -0.1) is 0 Å². The maximum atomic E-state index is 12.1. The molecule has 0 bridgehead atoms. The predicted molar refractivity (Wildman–Crippen MR) is 88.3 cm³/mol. The molecular formula is C16H27N3O3. The molecule has 1 amide bonds. The molecule has 124 valence electrons. The number of anilines is 1. The highest BCUT2D eigenvalue weighted by Crippen LogP contribution is 2.22. The molecular weight excluding hydrogens is 282 g/mol. The van der Waals surface area contributed by atoms with Crippen molar-refractivity contribution in [2.45, 2.75) is 13.3 Å². The van der Waals surface area contributed by atoms with Crippen molar-refractivity contribution in [3.05, 3.63) is 23.8 Å². The van der Waals surface area contributed by atoms with Crippen LogP contribution >= 0.6 is 0 Å². The zero-order valence-electron chi connectivity index (χ0n) is 13.7. The van der Waals surface area contributed by atoms with Crippen LogP contribution in [0.15, 0.2) is 18.2 Å². The number of carbonyl (C=O) groups is 1. The molecule has 0 unspecified atom stereocenters. The van der Waals surface area contributed by atoms with Crippen LogP contribution in [0.25, 0.3) is 0 Å². The number of nitrogens with one attached hydrogen (secondary N) is 1. The lowest BCUT2D eigenvalue weighted by molar-refractivity contribution is 0.0944. The van der Waals surface area contributed by atoms with Crippen LogP contribution < -0.4 is 15.8 Å². The molecule has 3 N–H and O–H groups in total. The number of carbonyl (C=O) groups excluding carboxylic acids is 1. The second kappa shape index (κ2) is 10.0. The summed E-state index contributed by atoms with van der Waals surface area (Å²) in [6.45, 7) is 5.19. The van der Waals surface area contributed by atoms with Crippen LogP contribution in [0.1, 0.15) is 23.7 Å². The maximum Gasteiger partial charge on any atom is 0.251 e. The molecule has 0 saturated carbocycles. The van der Waals surface area contributed by atoms with Crippen LogP contribution in [0.3, 0.4) is 0 Å². The highest BCUT2D eigenvalue weighted by atomic mass is 16.5. The van der Waals surface area contributed by atoms with Gasteiger partial charge in [-0.2, -0.15) is 0 Å². The van der Waals surface area contributed by atoms with Crippen LogP contribution in [0.5, 0.6) is 5.75 Å². The van der Waals surface area contributed by atoms with Crippen LogP contribution in [0.4, 0.5) is 5.69 Å². The smallest absolute Gasteiger partial charge is 0.251 e. The van der Waals surface area contributed by atoms with Gasteiger partial charge >= 0.3 is 0 Å². The molecule has 6 heteroatoms. The fourth-order valence-electron chi connectivity index (χ4n) is 1.76. The maximum absolute atomic E-state index is 12.1. The number of nitrogens with two attached hydrogens (primary N) is 1. The van der Waals surface area contributed by atoms with E-state index in [1.807, 2.05) is 25.9 Å². The van der Waals surface area contributed by atoms with E-state index >= 15 is 0 Å². The Morgan fingerprint density at radius 2 is 2.09 bits per heavy atom. The van der Waals surface area contributed by atoms with Gasteiger partial charge in [0.2, 0.25) is 0 Å². The molecule has 0 atom stereocenters. The zero-order chi connectivity index (χ0) is 16.4. The summed E-state index contributed by atoms with van der Waals surface area (Å²) in [6, 6.07) is 5.08. The van der Waals surface area contributed by atoms with E-state index in [-0.39, 0.29) is 5.91 Å². The molecule has 0 aliphatic heterocycles. The highest BCUT2D eigenvalue weighted by molar-refractivity contribution is 5.95. The first-order chi connectivity index (χ1) is 10.5. The molecule has 0 saturated heterocycles. The van der Waals surface area contributed by atoms with Gasteiger partial charge in [-0.1, -0.05) is 0 Å². The molecule has 0 radical (unpaired) electrons. The molecule has 1 aromatic carbocycles. The summed E-state index contributed by atoms with van der Waals surface area (Å²) in [5.74, 6) is 0.415. The zero-order valence-corrected chi connectivity index (χ0v) is 13.7. The Morgan fingerprint density at radius 1 is 1.32 bits per heavy atom. The standard InChI is InChI=1S/C16H27N3O3/c1-4-21-10-5-8-18-16(20)13-6-7-14(17)15(12-13)22-11-9-19(2)3/h6-7,12H,4-5,8-11,17H2,1-3H3,(H,18,20). The average Bonchev–Trinajstić information content (AvgIpc) is 2.48. The van der Waals surface area contributed by atoms with Crippen molar-refractivity contribution in [3.63, 3.8) is 0 Å². The number of nitrogen functional groups attached to an aromatic ring is 1. The molecule has 22 heavy (non-hydrogen) atoms. The van der Waals surface area contributed by atoms with E-state index in [0.717, 1.165) is 13.0 Å². The van der Waals surface area contributed by atoms with Gasteiger partial charge in [-0.25, -0.2) is 0 Å². The molecule has 0 aliphatic rings. The second-order valence-corrected chi connectivity index (χ2v) is 5.21. The largest absolute Gasteiger partial charge is 0.490 e. The molecule has 1 aromatic rings. The topological polar surface area (TPSA) is 76.8 Å². The summed E-state index contributed by atoms with van der Waals surface area (Å²) in [6.07, 6.45) is 0.792. The van der Waals surface area contributed by atoms with Crippen LogP contribution in [0.2, 0.25) is 0 Å². The Labute approximate surface area is 132 Å². The molecule has 0 aliphatic carbocycles. The summed E-state index contributed by atoms with van der Waals surface area (Å²) in [5, 5.41) is 2.86. The normalized spacial score (nSPS) is 10.7. The summed E-state index contributed by atoms with van der Waals surface area (Å²) in [4.78, 5) is 14.1. The third-order valence-electron chi connectivity index (χ3n) is 3.03. The van der Waals surface area contributed by atoms with Crippen molar-refractivity contribution in [2.24, 2.45) is 0 Å². The van der Waals surface area contributed by atoms with E-state index in [9.17, 15) is 4.79 Å². The van der Waals surface area contributed by atoms with Crippen LogP contribution in [-0.4, -0.2) is 57.8 Å². The lowest BCUT2D eigenvalue weighted by atomic mass is 10.1. The summed E-state index contributed by atoms with van der Waals surface area (Å²) in [5.41, 5.74) is 6.96. The van der Waals surface area contributed by atoms with Crippen molar-refractivity contribution < 1.29 is 14.3 Å². The number of hydrogen-bond donors (Lipinski definition) is 2. The highest BCUT2D eigenvalue weighted by Gasteiger charge is 2.09. The number of hydrogen-bond acceptors (Lipinski definition) is 5. The first-order valence-corrected chi connectivity index (χ1v) is 7.57. The van der Waals surface area contributed by atoms with Gasteiger partial charge < -0.3 is 25.4 Å². The van der Waals surface area contributed by atoms with E-state index in [4.69, 9.17) is 15.2 Å². The Balaban J connectivity index is 2.50. The summed E-state index contributed by atoms with van der Waals surface area (Å²) < 4.78 is 10.9. The first kappa shape index (κ1) is 18.3. The van der Waals surface area contributed by atoms with Crippen LogP contribution in [-0.2, 0) is 4.74 Å². The fourth-order valence-corrected chi connectivity index (χ4v) is 1.76. The lowest BCUT2D eigenvalue weighted by Crippen LogP contribution is -2.25. The third kappa shape index (κ3) is 6.78. The minimum absolute atomic E-state index is 0.131. The van der Waals surface area contributed by atoms with E-state index in [1.54, 1.807) is 18.2 Å². The molecule has 1 rings (SSSR count). The van der Waals surface area contributed by atoms with E-state index < -0.39 is 0 Å². The molecule has 0 spiro atoms. The van der Waals surface area contributed by atoms with Gasteiger partial charge in [-0.05, 0) is 45.6 Å². The summed E-state index contributed by atoms with van der Waals surface area (Å²) in [7, 11) is 3.94. The van der Waals surface area contributed by atoms with Crippen molar-refractivity contribution in [3.8, 4) is 5.75 Å². The van der Waals surface area contributed by atoms with E-state index in [0.29, 0.717) is 43.4 Å². The van der Waals surface area contributed by atoms with Gasteiger partial charge in [0, 0.05) is 31.9 Å². The third-order valence-corrected chi connectivity index (χ3v) is 3.03. The monoisotopic (exact) mass is 309 g/mol. The Hall–Kier alpha value is -1.79. The Bertz CT molecular complexity index is 464. The number of benzene rings is 1. The lowest BCUT2D eigenvalue weighted by Gasteiger charge is -2.13. The van der Waals surface area contributed by atoms with Gasteiger partial charge in [-0.3, -0.25) is 4.79 Å². The quantitative estimate of drug-likeness (QED) is 0.504. The number of amides is 1. The minimum Gasteiger partial charge on any atom is -0.490 e. The second-order valence-electron chi connectivity index (χ2n) is 5.21. The fraction of sp³-hybridized carbons (Fsp3) is 0.562. The predicted octanol–water partition coefficient (Wildman–Crippen LogP) is 1.37. The molecule has 6 nitrogen and oxygen atoms in total. The van der Waals surface area contributed by atoms with E-state index in [1.165, 1.54) is 0 Å². The van der Waals surface area contributed by atoms with Gasteiger partial charge in [0.05, 0.1) is 5.69 Å². The number of likely N-dealkylation sites (N-methyl/N-ethyl adjacent to an activating group) is 1. The van der Waals surface area contributed by atoms with E-state index in [2.05, 4.69) is 5.32 Å². The number of ether oxygens (including phenoxy) is 2. The molecule has 0 aromatic heterocycles.